The van der Waals surface area contributed by atoms with Crippen LogP contribution in [0.3, 0.4) is 0 Å². The number of hydrogen-bond acceptors (Lipinski definition) is 4. The molecule has 0 amide bonds. The zero-order valence-corrected chi connectivity index (χ0v) is 8.81. The normalized spacial score (nSPS) is 16.5. The first-order valence-electron chi connectivity index (χ1n) is 4.12. The molecule has 5 nitrogen and oxygen atoms in total. The lowest BCUT2D eigenvalue weighted by Gasteiger charge is -2.36. The average molecular weight is 258 g/mol. The topological polar surface area (TPSA) is 66.3 Å². The van der Waals surface area contributed by atoms with E-state index in [0.717, 1.165) is 4.47 Å². The van der Waals surface area contributed by atoms with Crippen LogP contribution in [0.4, 0.5) is 5.95 Å². The molecular weight excluding hydrogens is 250 g/mol. The molecule has 0 atom stereocenters. The van der Waals surface area contributed by atoms with Gasteiger partial charge < -0.3 is 10.0 Å². The van der Waals surface area contributed by atoms with Gasteiger partial charge in [0.2, 0.25) is 5.95 Å². The van der Waals surface area contributed by atoms with Crippen LogP contribution in [0, 0.1) is 5.92 Å². The molecule has 1 saturated heterocycles. The molecule has 0 bridgehead atoms. The Labute approximate surface area is 88.9 Å². The monoisotopic (exact) mass is 257 g/mol. The van der Waals surface area contributed by atoms with Crippen LogP contribution < -0.4 is 4.90 Å². The van der Waals surface area contributed by atoms with Gasteiger partial charge in [-0.05, 0) is 15.9 Å². The van der Waals surface area contributed by atoms with Crippen LogP contribution in [-0.4, -0.2) is 34.1 Å². The smallest absolute Gasteiger partial charge is 0.310 e. The molecule has 0 aromatic carbocycles. The summed E-state index contributed by atoms with van der Waals surface area (Å²) < 4.78 is 0.816. The van der Waals surface area contributed by atoms with E-state index < -0.39 is 5.97 Å². The van der Waals surface area contributed by atoms with Gasteiger partial charge in [-0.3, -0.25) is 4.79 Å². The minimum atomic E-state index is -0.752. The molecule has 0 saturated carbocycles. The lowest BCUT2D eigenvalue weighted by molar-refractivity contribution is -0.142. The van der Waals surface area contributed by atoms with Crippen LogP contribution >= 0.6 is 15.9 Å². The van der Waals surface area contributed by atoms with E-state index in [0.29, 0.717) is 19.0 Å². The maximum atomic E-state index is 10.5. The van der Waals surface area contributed by atoms with Crippen LogP contribution in [0.25, 0.3) is 0 Å². The number of aliphatic carboxylic acids is 1. The van der Waals surface area contributed by atoms with Crippen molar-refractivity contribution in [1.29, 1.82) is 0 Å². The molecule has 14 heavy (non-hydrogen) atoms. The Bertz CT molecular complexity index is 348. The van der Waals surface area contributed by atoms with Gasteiger partial charge in [0.05, 0.1) is 10.4 Å². The molecule has 2 heterocycles. The number of carboxylic acid groups (broad SMARTS) is 1. The maximum Gasteiger partial charge on any atom is 0.310 e. The van der Waals surface area contributed by atoms with Crippen molar-refractivity contribution in [1.82, 2.24) is 9.97 Å². The van der Waals surface area contributed by atoms with Gasteiger partial charge in [-0.1, -0.05) is 0 Å². The second-order valence-corrected chi connectivity index (χ2v) is 4.06. The molecule has 1 fully saturated rings. The van der Waals surface area contributed by atoms with Crippen LogP contribution in [0.5, 0.6) is 0 Å². The largest absolute Gasteiger partial charge is 0.481 e. The first-order valence-corrected chi connectivity index (χ1v) is 4.91. The van der Waals surface area contributed by atoms with E-state index in [2.05, 4.69) is 25.9 Å². The standard InChI is InChI=1S/C8H8BrN3O2/c9-6-1-10-8(11-2-6)12-3-5(4-12)7(13)14/h1-2,5H,3-4H2,(H,13,14). The van der Waals surface area contributed by atoms with Gasteiger partial charge in [0.25, 0.3) is 0 Å². The van der Waals surface area contributed by atoms with Crippen molar-refractivity contribution in [3.05, 3.63) is 16.9 Å². The van der Waals surface area contributed by atoms with Crippen molar-refractivity contribution in [2.24, 2.45) is 5.92 Å². The third-order valence-electron chi connectivity index (χ3n) is 2.12. The summed E-state index contributed by atoms with van der Waals surface area (Å²) in [5, 5.41) is 8.67. The summed E-state index contributed by atoms with van der Waals surface area (Å²) in [5.74, 6) is -0.439. The van der Waals surface area contributed by atoms with Gasteiger partial charge in [-0.2, -0.15) is 0 Å². The first-order chi connectivity index (χ1) is 6.66. The van der Waals surface area contributed by atoms with Gasteiger partial charge in [0.1, 0.15) is 0 Å². The molecule has 1 aliphatic heterocycles. The molecule has 6 heteroatoms. The van der Waals surface area contributed by atoms with Crippen molar-refractivity contribution in [2.75, 3.05) is 18.0 Å². The molecule has 1 N–H and O–H groups in total. The second kappa shape index (κ2) is 3.53. The van der Waals surface area contributed by atoms with Crippen molar-refractivity contribution in [3.8, 4) is 0 Å². The molecular formula is C8H8BrN3O2. The number of rotatable bonds is 2. The fraction of sp³-hybridized carbons (Fsp3) is 0.375. The van der Waals surface area contributed by atoms with Gasteiger partial charge in [-0.25, -0.2) is 9.97 Å². The van der Waals surface area contributed by atoms with E-state index >= 15 is 0 Å². The van der Waals surface area contributed by atoms with Crippen LogP contribution in [0.1, 0.15) is 0 Å². The Morgan fingerprint density at radius 3 is 2.57 bits per heavy atom. The number of hydrogen-bond donors (Lipinski definition) is 1. The van der Waals surface area contributed by atoms with E-state index in [-0.39, 0.29) is 5.92 Å². The van der Waals surface area contributed by atoms with E-state index in [1.54, 1.807) is 12.4 Å². The Morgan fingerprint density at radius 1 is 1.50 bits per heavy atom. The van der Waals surface area contributed by atoms with Crippen molar-refractivity contribution in [3.63, 3.8) is 0 Å². The Morgan fingerprint density at radius 2 is 2.07 bits per heavy atom. The molecule has 0 spiro atoms. The number of anilines is 1. The Hall–Kier alpha value is -1.17. The van der Waals surface area contributed by atoms with Crippen LogP contribution in [0.2, 0.25) is 0 Å². The maximum absolute atomic E-state index is 10.5. The molecule has 74 valence electrons. The molecule has 1 aromatic rings. The summed E-state index contributed by atoms with van der Waals surface area (Å²) in [6, 6.07) is 0. The van der Waals surface area contributed by atoms with Gasteiger partial charge in [0, 0.05) is 25.5 Å². The Balaban J connectivity index is 2.00. The molecule has 2 rings (SSSR count). The molecule has 0 radical (unpaired) electrons. The highest BCUT2D eigenvalue weighted by Gasteiger charge is 2.33. The summed E-state index contributed by atoms with van der Waals surface area (Å²) in [6.07, 6.45) is 3.30. The SMILES string of the molecule is O=C(O)C1CN(c2ncc(Br)cn2)C1. The van der Waals surface area contributed by atoms with Crippen molar-refractivity contribution < 1.29 is 9.90 Å². The predicted molar refractivity (Wildman–Crippen MR) is 53.1 cm³/mol. The average Bonchev–Trinajstić information content (AvgIpc) is 2.05. The van der Waals surface area contributed by atoms with Crippen LogP contribution in [-0.2, 0) is 4.79 Å². The number of carboxylic acids is 1. The number of halogens is 1. The fourth-order valence-corrected chi connectivity index (χ4v) is 1.47. The lowest BCUT2D eigenvalue weighted by atomic mass is 10.0. The molecule has 1 aromatic heterocycles. The highest BCUT2D eigenvalue weighted by atomic mass is 79.9. The fourth-order valence-electron chi connectivity index (χ4n) is 1.27. The zero-order chi connectivity index (χ0) is 10.1. The second-order valence-electron chi connectivity index (χ2n) is 3.14. The summed E-state index contributed by atoms with van der Waals surface area (Å²) in [4.78, 5) is 20.5. The van der Waals surface area contributed by atoms with E-state index in [1.807, 2.05) is 4.90 Å². The number of nitrogens with zero attached hydrogens (tertiary/aromatic N) is 3. The van der Waals surface area contributed by atoms with Crippen molar-refractivity contribution >= 4 is 27.8 Å². The Kier molecular flexibility index (Phi) is 2.37. The summed E-state index contributed by atoms with van der Waals surface area (Å²) in [5.41, 5.74) is 0. The first kappa shape index (κ1) is 9.39. The highest BCUT2D eigenvalue weighted by Crippen LogP contribution is 2.21. The lowest BCUT2D eigenvalue weighted by Crippen LogP contribution is -2.51. The molecule has 1 aliphatic rings. The number of carbonyl (C=O) groups is 1. The van der Waals surface area contributed by atoms with Crippen molar-refractivity contribution in [2.45, 2.75) is 0 Å². The highest BCUT2D eigenvalue weighted by molar-refractivity contribution is 9.10. The minimum Gasteiger partial charge on any atom is -0.481 e. The predicted octanol–water partition coefficient (Wildman–Crippen LogP) is 0.760. The minimum absolute atomic E-state index is 0.276. The third-order valence-corrected chi connectivity index (χ3v) is 2.53. The van der Waals surface area contributed by atoms with Gasteiger partial charge in [-0.15, -0.1) is 0 Å². The van der Waals surface area contributed by atoms with Gasteiger partial charge in [0.15, 0.2) is 0 Å². The molecule has 0 unspecified atom stereocenters. The van der Waals surface area contributed by atoms with E-state index in [4.69, 9.17) is 5.11 Å². The summed E-state index contributed by atoms with van der Waals surface area (Å²) >= 11 is 3.23. The molecule has 0 aliphatic carbocycles. The third kappa shape index (κ3) is 1.70. The van der Waals surface area contributed by atoms with E-state index in [1.165, 1.54) is 0 Å². The van der Waals surface area contributed by atoms with E-state index in [9.17, 15) is 4.79 Å². The summed E-state index contributed by atoms with van der Waals surface area (Å²) in [7, 11) is 0. The van der Waals surface area contributed by atoms with Gasteiger partial charge >= 0.3 is 5.97 Å². The van der Waals surface area contributed by atoms with Crippen LogP contribution in [0.15, 0.2) is 16.9 Å². The quantitative estimate of drug-likeness (QED) is 0.848. The number of aromatic nitrogens is 2. The zero-order valence-electron chi connectivity index (χ0n) is 7.22. The summed E-state index contributed by atoms with van der Waals surface area (Å²) in [6.45, 7) is 0.994.